The first-order valence-electron chi connectivity index (χ1n) is 11.5. The fraction of sp³-hybridized carbons (Fsp3) is 1.00. The smallest absolute Gasteiger partial charge is 0.0587 e. The summed E-state index contributed by atoms with van der Waals surface area (Å²) in [5.41, 5.74) is 0. The summed E-state index contributed by atoms with van der Waals surface area (Å²) in [6.45, 7) is 4.40. The Bertz CT molecular complexity index is 242. The van der Waals surface area contributed by atoms with Crippen molar-refractivity contribution in [2.45, 2.75) is 136 Å². The van der Waals surface area contributed by atoms with Gasteiger partial charge in [0.1, 0.15) is 0 Å². The number of hydrogen-bond donors (Lipinski definition) is 2. The minimum atomic E-state index is -0.318. The molecule has 0 rings (SSSR count). The summed E-state index contributed by atoms with van der Waals surface area (Å²) < 4.78 is 0. The first kappa shape index (κ1) is 24.9. The molecule has 25 heavy (non-hydrogen) atoms. The van der Waals surface area contributed by atoms with Crippen molar-refractivity contribution in [3.63, 3.8) is 0 Å². The van der Waals surface area contributed by atoms with E-state index in [0.717, 1.165) is 19.3 Å². The SMILES string of the molecule is CCCCCCCCCCCCCCCCCCC(CO)C(O)CC. The molecule has 0 aliphatic rings. The van der Waals surface area contributed by atoms with Crippen molar-refractivity contribution >= 4 is 0 Å². The van der Waals surface area contributed by atoms with E-state index < -0.39 is 0 Å². The van der Waals surface area contributed by atoms with Gasteiger partial charge in [0.25, 0.3) is 0 Å². The quantitative estimate of drug-likeness (QED) is 0.230. The topological polar surface area (TPSA) is 40.5 Å². The Morgan fingerprint density at radius 3 is 1.24 bits per heavy atom. The third-order valence-corrected chi connectivity index (χ3v) is 5.63. The molecule has 0 aliphatic heterocycles. The Balaban J connectivity index is 3.16. The van der Waals surface area contributed by atoms with Crippen LogP contribution in [0.2, 0.25) is 0 Å². The van der Waals surface area contributed by atoms with E-state index in [1.54, 1.807) is 0 Å². The van der Waals surface area contributed by atoms with E-state index >= 15 is 0 Å². The number of aliphatic hydroxyl groups is 2. The third-order valence-electron chi connectivity index (χ3n) is 5.63. The summed E-state index contributed by atoms with van der Waals surface area (Å²) >= 11 is 0. The molecule has 0 saturated heterocycles. The molecule has 2 atom stereocenters. The molecule has 2 heteroatoms. The maximum atomic E-state index is 9.78. The fourth-order valence-electron chi connectivity index (χ4n) is 3.69. The lowest BCUT2D eigenvalue weighted by Crippen LogP contribution is -2.22. The Kier molecular flexibility index (Phi) is 20.2. The second-order valence-corrected chi connectivity index (χ2v) is 8.01. The summed E-state index contributed by atoms with van der Waals surface area (Å²) in [5.74, 6) is 0.0941. The van der Waals surface area contributed by atoms with Crippen LogP contribution < -0.4 is 0 Å². The van der Waals surface area contributed by atoms with Gasteiger partial charge in [0.05, 0.1) is 6.10 Å². The van der Waals surface area contributed by atoms with Gasteiger partial charge in [-0.1, -0.05) is 117 Å². The molecule has 0 spiro atoms. The second kappa shape index (κ2) is 20.2. The predicted molar refractivity (Wildman–Crippen MR) is 111 cm³/mol. The molecule has 0 aliphatic carbocycles. The minimum Gasteiger partial charge on any atom is -0.396 e. The van der Waals surface area contributed by atoms with Gasteiger partial charge in [-0.3, -0.25) is 0 Å². The van der Waals surface area contributed by atoms with E-state index in [1.165, 1.54) is 96.3 Å². The van der Waals surface area contributed by atoms with Gasteiger partial charge >= 0.3 is 0 Å². The zero-order valence-corrected chi connectivity index (χ0v) is 17.5. The Morgan fingerprint density at radius 1 is 0.560 bits per heavy atom. The molecule has 2 unspecified atom stereocenters. The van der Waals surface area contributed by atoms with Crippen molar-refractivity contribution in [1.82, 2.24) is 0 Å². The summed E-state index contributed by atoms with van der Waals surface area (Å²) in [4.78, 5) is 0. The van der Waals surface area contributed by atoms with Crippen LogP contribution in [-0.4, -0.2) is 22.9 Å². The molecular formula is C23H48O2. The lowest BCUT2D eigenvalue weighted by atomic mass is 9.94. The first-order valence-corrected chi connectivity index (χ1v) is 11.5. The molecule has 2 nitrogen and oxygen atoms in total. The summed E-state index contributed by atoms with van der Waals surface area (Å²) in [6.07, 6.45) is 23.6. The molecular weight excluding hydrogens is 308 g/mol. The largest absolute Gasteiger partial charge is 0.396 e. The van der Waals surface area contributed by atoms with Gasteiger partial charge in [0, 0.05) is 12.5 Å². The zero-order chi connectivity index (χ0) is 18.6. The van der Waals surface area contributed by atoms with E-state index in [1.807, 2.05) is 6.92 Å². The Hall–Kier alpha value is -0.0800. The minimum absolute atomic E-state index is 0.0941. The van der Waals surface area contributed by atoms with Crippen LogP contribution >= 0.6 is 0 Å². The average molecular weight is 357 g/mol. The van der Waals surface area contributed by atoms with Crippen molar-refractivity contribution in [3.8, 4) is 0 Å². The fourth-order valence-corrected chi connectivity index (χ4v) is 3.69. The molecule has 0 radical (unpaired) electrons. The van der Waals surface area contributed by atoms with Gasteiger partial charge in [-0.25, -0.2) is 0 Å². The lowest BCUT2D eigenvalue weighted by Gasteiger charge is -2.19. The molecule has 0 fully saturated rings. The van der Waals surface area contributed by atoms with Crippen molar-refractivity contribution in [2.24, 2.45) is 5.92 Å². The highest BCUT2D eigenvalue weighted by molar-refractivity contribution is 4.66. The molecule has 0 aromatic heterocycles. The van der Waals surface area contributed by atoms with E-state index in [2.05, 4.69) is 6.92 Å². The van der Waals surface area contributed by atoms with Crippen molar-refractivity contribution in [3.05, 3.63) is 0 Å². The molecule has 0 heterocycles. The monoisotopic (exact) mass is 356 g/mol. The molecule has 0 bridgehead atoms. The van der Waals surface area contributed by atoms with E-state index in [4.69, 9.17) is 0 Å². The Labute approximate surface area is 158 Å². The number of unbranched alkanes of at least 4 members (excludes halogenated alkanes) is 15. The van der Waals surface area contributed by atoms with Gasteiger partial charge in [-0.15, -0.1) is 0 Å². The Morgan fingerprint density at radius 2 is 0.920 bits per heavy atom. The summed E-state index contributed by atoms with van der Waals surface area (Å²) in [6, 6.07) is 0. The summed E-state index contributed by atoms with van der Waals surface area (Å²) in [5, 5.41) is 19.1. The highest BCUT2D eigenvalue weighted by atomic mass is 16.3. The maximum absolute atomic E-state index is 9.78. The van der Waals surface area contributed by atoms with Crippen LogP contribution in [0.3, 0.4) is 0 Å². The highest BCUT2D eigenvalue weighted by Crippen LogP contribution is 2.18. The van der Waals surface area contributed by atoms with E-state index in [0.29, 0.717) is 0 Å². The van der Waals surface area contributed by atoms with Crippen LogP contribution in [0.5, 0.6) is 0 Å². The van der Waals surface area contributed by atoms with Gasteiger partial charge in [0.15, 0.2) is 0 Å². The number of hydrogen-bond acceptors (Lipinski definition) is 2. The third kappa shape index (κ3) is 17.1. The van der Waals surface area contributed by atoms with Crippen molar-refractivity contribution < 1.29 is 10.2 Å². The van der Waals surface area contributed by atoms with Gasteiger partial charge in [-0.05, 0) is 12.8 Å². The van der Waals surface area contributed by atoms with Crippen LogP contribution in [0.25, 0.3) is 0 Å². The van der Waals surface area contributed by atoms with E-state index in [-0.39, 0.29) is 18.6 Å². The van der Waals surface area contributed by atoms with Gasteiger partial charge in [-0.2, -0.15) is 0 Å². The van der Waals surface area contributed by atoms with Crippen LogP contribution in [-0.2, 0) is 0 Å². The van der Waals surface area contributed by atoms with Crippen LogP contribution in [0.15, 0.2) is 0 Å². The molecule has 0 aromatic rings. The molecule has 0 amide bonds. The normalized spacial score (nSPS) is 13.9. The molecule has 152 valence electrons. The van der Waals surface area contributed by atoms with Crippen LogP contribution in [0, 0.1) is 5.92 Å². The zero-order valence-electron chi connectivity index (χ0n) is 17.5. The first-order chi connectivity index (χ1) is 12.3. The lowest BCUT2D eigenvalue weighted by molar-refractivity contribution is 0.0582. The van der Waals surface area contributed by atoms with Crippen molar-refractivity contribution in [2.75, 3.05) is 6.61 Å². The van der Waals surface area contributed by atoms with Crippen molar-refractivity contribution in [1.29, 1.82) is 0 Å². The van der Waals surface area contributed by atoms with E-state index in [9.17, 15) is 10.2 Å². The molecule has 0 aromatic carbocycles. The standard InChI is InChI=1S/C23H48O2/c1-3-5-6-7-8-9-10-11-12-13-14-15-16-17-18-19-20-22(21-24)23(25)4-2/h22-25H,3-21H2,1-2H3. The van der Waals surface area contributed by atoms with Gasteiger partial charge < -0.3 is 10.2 Å². The number of rotatable bonds is 20. The second-order valence-electron chi connectivity index (χ2n) is 8.01. The molecule has 2 N–H and O–H groups in total. The highest BCUT2D eigenvalue weighted by Gasteiger charge is 2.15. The predicted octanol–water partition coefficient (Wildman–Crippen LogP) is 7.02. The maximum Gasteiger partial charge on any atom is 0.0587 e. The van der Waals surface area contributed by atoms with Crippen LogP contribution in [0.4, 0.5) is 0 Å². The number of aliphatic hydroxyl groups excluding tert-OH is 2. The van der Waals surface area contributed by atoms with Crippen LogP contribution in [0.1, 0.15) is 129 Å². The molecule has 0 saturated carbocycles. The average Bonchev–Trinajstić information content (AvgIpc) is 2.64. The summed E-state index contributed by atoms with van der Waals surface area (Å²) in [7, 11) is 0. The van der Waals surface area contributed by atoms with Gasteiger partial charge in [0.2, 0.25) is 0 Å².